The molecule has 0 spiro atoms. The Morgan fingerprint density at radius 2 is 1.97 bits per heavy atom. The summed E-state index contributed by atoms with van der Waals surface area (Å²) in [6, 6.07) is 10.9. The van der Waals surface area contributed by atoms with E-state index in [0.717, 1.165) is 15.7 Å². The number of benzene rings is 2. The van der Waals surface area contributed by atoms with Crippen molar-refractivity contribution in [1.29, 1.82) is 0 Å². The molecule has 0 atom stereocenters. The van der Waals surface area contributed by atoms with Gasteiger partial charge in [0.15, 0.2) is 16.7 Å². The number of thioether (sulfide) groups is 1. The van der Waals surface area contributed by atoms with Crippen molar-refractivity contribution in [2.75, 3.05) is 6.61 Å². The van der Waals surface area contributed by atoms with Crippen molar-refractivity contribution in [2.45, 2.75) is 13.8 Å². The Hall–Kier alpha value is -2.10. The third-order valence-electron chi connectivity index (χ3n) is 3.58. The van der Waals surface area contributed by atoms with Crippen LogP contribution in [0.3, 0.4) is 0 Å². The molecule has 0 aromatic heterocycles. The van der Waals surface area contributed by atoms with Crippen molar-refractivity contribution in [2.24, 2.45) is 4.99 Å². The molecule has 0 saturated carbocycles. The number of rotatable bonds is 5. The molecule has 6 nitrogen and oxygen atoms in total. The van der Waals surface area contributed by atoms with Crippen LogP contribution in [0.5, 0.6) is 11.5 Å². The van der Waals surface area contributed by atoms with E-state index >= 15 is 0 Å². The first-order chi connectivity index (χ1) is 13.9. The molecule has 2 aromatic carbocycles. The Morgan fingerprint density at radius 3 is 2.62 bits per heavy atom. The van der Waals surface area contributed by atoms with Gasteiger partial charge in [0.2, 0.25) is 0 Å². The van der Waals surface area contributed by atoms with Crippen molar-refractivity contribution in [1.82, 2.24) is 5.32 Å². The van der Waals surface area contributed by atoms with Gasteiger partial charge in [-0.15, -0.1) is 0 Å². The van der Waals surface area contributed by atoms with Gasteiger partial charge in [-0.2, -0.15) is 0 Å². The second-order valence-corrected chi connectivity index (χ2v) is 8.62. The number of amidine groups is 1. The minimum absolute atomic E-state index is 0.232. The minimum Gasteiger partial charge on any atom is -0.490 e. The number of esters is 1. The number of nitrogens with zero attached hydrogens (tertiary/aromatic N) is 1. The first-order valence-electron chi connectivity index (χ1n) is 8.55. The fraction of sp³-hybridized carbons (Fsp3) is 0.150. The minimum atomic E-state index is -0.447. The van der Waals surface area contributed by atoms with Crippen LogP contribution in [0.2, 0.25) is 0 Å². The van der Waals surface area contributed by atoms with Gasteiger partial charge >= 0.3 is 5.97 Å². The molecule has 1 N–H and O–H groups in total. The number of hydrogen-bond donors (Lipinski definition) is 1. The van der Waals surface area contributed by atoms with Crippen LogP contribution in [-0.2, 0) is 9.59 Å². The van der Waals surface area contributed by atoms with Gasteiger partial charge in [-0.1, -0.05) is 15.9 Å². The summed E-state index contributed by atoms with van der Waals surface area (Å²) in [5, 5.41) is 3.26. The zero-order valence-electron chi connectivity index (χ0n) is 15.5. The smallest absolute Gasteiger partial charge is 0.308 e. The molecule has 2 aromatic rings. The van der Waals surface area contributed by atoms with Crippen LogP contribution >= 0.6 is 43.6 Å². The Kier molecular flexibility index (Phi) is 7.15. The van der Waals surface area contributed by atoms with Crippen LogP contribution < -0.4 is 14.8 Å². The highest BCUT2D eigenvalue weighted by atomic mass is 79.9. The number of carbonyl (C=O) groups is 2. The van der Waals surface area contributed by atoms with E-state index in [2.05, 4.69) is 42.2 Å². The maximum Gasteiger partial charge on any atom is 0.308 e. The molecular weight excluding hydrogens is 524 g/mol. The van der Waals surface area contributed by atoms with Crippen LogP contribution in [0.15, 0.2) is 55.2 Å². The molecule has 29 heavy (non-hydrogen) atoms. The van der Waals surface area contributed by atoms with E-state index in [-0.39, 0.29) is 5.91 Å². The van der Waals surface area contributed by atoms with Crippen molar-refractivity contribution in [3.63, 3.8) is 0 Å². The van der Waals surface area contributed by atoms with Gasteiger partial charge in [0, 0.05) is 11.4 Å². The number of ether oxygens (including phenoxy) is 2. The summed E-state index contributed by atoms with van der Waals surface area (Å²) in [7, 11) is 0. The predicted molar refractivity (Wildman–Crippen MR) is 122 cm³/mol. The van der Waals surface area contributed by atoms with Crippen LogP contribution in [-0.4, -0.2) is 23.7 Å². The average molecular weight is 540 g/mol. The monoisotopic (exact) mass is 538 g/mol. The fourth-order valence-corrected chi connectivity index (χ4v) is 4.09. The average Bonchev–Trinajstić information content (AvgIpc) is 2.99. The van der Waals surface area contributed by atoms with Crippen molar-refractivity contribution < 1.29 is 19.1 Å². The number of hydrogen-bond acceptors (Lipinski definition) is 6. The predicted octanol–water partition coefficient (Wildman–Crippen LogP) is 5.43. The highest BCUT2D eigenvalue weighted by Gasteiger charge is 2.24. The van der Waals surface area contributed by atoms with Crippen LogP contribution in [0.1, 0.15) is 19.4 Å². The molecule has 1 aliphatic rings. The molecular formula is C20H16Br2N2O4S. The van der Waals surface area contributed by atoms with Gasteiger partial charge in [-0.3, -0.25) is 9.59 Å². The van der Waals surface area contributed by atoms with E-state index in [4.69, 9.17) is 9.47 Å². The van der Waals surface area contributed by atoms with E-state index in [1.807, 2.05) is 31.2 Å². The van der Waals surface area contributed by atoms with Crippen molar-refractivity contribution in [3.8, 4) is 11.5 Å². The third-order valence-corrected chi connectivity index (χ3v) is 5.61. The Bertz CT molecular complexity index is 1020. The normalized spacial score (nSPS) is 16.2. The molecule has 0 radical (unpaired) electrons. The van der Waals surface area contributed by atoms with E-state index in [1.54, 1.807) is 18.2 Å². The zero-order chi connectivity index (χ0) is 21.0. The van der Waals surface area contributed by atoms with Gasteiger partial charge in [-0.05, 0) is 82.7 Å². The van der Waals surface area contributed by atoms with Crippen molar-refractivity contribution in [3.05, 3.63) is 55.8 Å². The van der Waals surface area contributed by atoms with Crippen LogP contribution in [0.25, 0.3) is 6.08 Å². The van der Waals surface area contributed by atoms with Crippen LogP contribution in [0.4, 0.5) is 5.69 Å². The summed E-state index contributed by atoms with van der Waals surface area (Å²) < 4.78 is 12.3. The Labute approximate surface area is 189 Å². The third kappa shape index (κ3) is 5.71. The Morgan fingerprint density at radius 1 is 1.24 bits per heavy atom. The number of carbonyl (C=O) groups excluding carboxylic acids is 2. The summed E-state index contributed by atoms with van der Waals surface area (Å²) in [6.07, 6.45) is 1.73. The number of aliphatic imine (C=N–C) groups is 1. The fourth-order valence-electron chi connectivity index (χ4n) is 2.44. The molecule has 1 amide bonds. The highest BCUT2D eigenvalue weighted by molar-refractivity contribution is 9.10. The lowest BCUT2D eigenvalue weighted by atomic mass is 10.2. The van der Waals surface area contributed by atoms with Gasteiger partial charge in [0.05, 0.1) is 21.7 Å². The summed E-state index contributed by atoms with van der Waals surface area (Å²) in [4.78, 5) is 28.6. The molecule has 3 rings (SSSR count). The second-order valence-electron chi connectivity index (χ2n) is 5.81. The first-order valence-corrected chi connectivity index (χ1v) is 11.0. The van der Waals surface area contributed by atoms with Gasteiger partial charge < -0.3 is 14.8 Å². The Balaban J connectivity index is 1.88. The second kappa shape index (κ2) is 9.60. The van der Waals surface area contributed by atoms with E-state index in [1.165, 1.54) is 18.7 Å². The maximum atomic E-state index is 12.3. The number of halogens is 2. The zero-order valence-corrected chi connectivity index (χ0v) is 19.5. The SMILES string of the molecule is CCOc1cc(/C=C2\SC(=Nc3ccc(Br)cc3)NC2=O)cc(Br)c1OC(C)=O. The molecule has 1 aliphatic heterocycles. The number of nitrogens with one attached hydrogen (secondary N) is 1. The standard InChI is InChI=1S/C20H16Br2N2O4S/c1-3-27-16-9-12(8-15(22)18(16)28-11(2)25)10-17-19(26)24-20(29-17)23-14-6-4-13(21)5-7-14/h4-10H,3H2,1-2H3,(H,23,24,26)/b17-10-. The topological polar surface area (TPSA) is 77.0 Å². The molecule has 0 unspecified atom stereocenters. The summed E-state index contributed by atoms with van der Waals surface area (Å²) in [6.45, 7) is 3.56. The van der Waals surface area contributed by atoms with Gasteiger partial charge in [0.1, 0.15) is 0 Å². The maximum absolute atomic E-state index is 12.3. The van der Waals surface area contributed by atoms with Crippen molar-refractivity contribution >= 4 is 72.4 Å². The van der Waals surface area contributed by atoms with E-state index in [0.29, 0.717) is 32.7 Å². The van der Waals surface area contributed by atoms with E-state index in [9.17, 15) is 9.59 Å². The van der Waals surface area contributed by atoms with Gasteiger partial charge in [0.25, 0.3) is 5.91 Å². The molecule has 0 aliphatic carbocycles. The quantitative estimate of drug-likeness (QED) is 0.311. The summed E-state index contributed by atoms with van der Waals surface area (Å²) in [5.74, 6) is 0.0416. The lowest BCUT2D eigenvalue weighted by Gasteiger charge is -2.12. The van der Waals surface area contributed by atoms with Crippen LogP contribution in [0, 0.1) is 0 Å². The van der Waals surface area contributed by atoms with Gasteiger partial charge in [-0.25, -0.2) is 4.99 Å². The lowest BCUT2D eigenvalue weighted by Crippen LogP contribution is -2.19. The van der Waals surface area contributed by atoms with E-state index < -0.39 is 5.97 Å². The molecule has 9 heteroatoms. The summed E-state index contributed by atoms with van der Waals surface area (Å²) >= 11 is 8.03. The molecule has 1 fully saturated rings. The summed E-state index contributed by atoms with van der Waals surface area (Å²) in [5.41, 5.74) is 1.46. The highest BCUT2D eigenvalue weighted by Crippen LogP contribution is 2.38. The molecule has 0 bridgehead atoms. The lowest BCUT2D eigenvalue weighted by molar-refractivity contribution is -0.132. The number of amides is 1. The molecule has 1 saturated heterocycles. The molecule has 150 valence electrons. The largest absolute Gasteiger partial charge is 0.490 e. The molecule has 1 heterocycles. The first kappa shape index (κ1) is 21.6.